The van der Waals surface area contributed by atoms with Crippen LogP contribution in [0.2, 0.25) is 0 Å². The topological polar surface area (TPSA) is 88.6 Å². The minimum atomic E-state index is -0.928. The first-order chi connectivity index (χ1) is 12.4. The molecule has 1 aromatic carbocycles. The van der Waals surface area contributed by atoms with Gasteiger partial charge >= 0.3 is 12.0 Å². The summed E-state index contributed by atoms with van der Waals surface area (Å²) in [6.07, 6.45) is 2.83. The molecule has 0 bridgehead atoms. The number of rotatable bonds is 5. The van der Waals surface area contributed by atoms with Crippen molar-refractivity contribution in [2.24, 2.45) is 0 Å². The largest absolute Gasteiger partial charge is 0.461 e. The number of carbonyl (C=O) groups excluding carboxylic acids is 3. The molecule has 1 fully saturated rings. The second kappa shape index (κ2) is 6.95. The van der Waals surface area contributed by atoms with Crippen LogP contribution >= 0.6 is 0 Å². The van der Waals surface area contributed by atoms with Crippen LogP contribution in [0.15, 0.2) is 42.5 Å². The fourth-order valence-electron chi connectivity index (χ4n) is 2.63. The standard InChI is InChI=1S/C19H19N3O4/c1-19(2)17(24)22(18(25)21-19)11-12-26-16(23)10-9-14-8-7-13-5-3-4-6-15(13)20-14/h3-10H,11-12H2,1-2H3,(H,21,25). The first kappa shape index (κ1) is 17.6. The summed E-state index contributed by atoms with van der Waals surface area (Å²) in [4.78, 5) is 41.0. The lowest BCUT2D eigenvalue weighted by atomic mass is 10.1. The summed E-state index contributed by atoms with van der Waals surface area (Å²) in [6, 6.07) is 10.9. The molecule has 26 heavy (non-hydrogen) atoms. The van der Waals surface area contributed by atoms with E-state index >= 15 is 0 Å². The highest BCUT2D eigenvalue weighted by Gasteiger charge is 2.43. The van der Waals surface area contributed by atoms with E-state index in [0.717, 1.165) is 15.8 Å². The Kier molecular flexibility index (Phi) is 4.71. The van der Waals surface area contributed by atoms with E-state index in [0.29, 0.717) is 5.69 Å². The van der Waals surface area contributed by atoms with Crippen LogP contribution in [0.4, 0.5) is 4.79 Å². The van der Waals surface area contributed by atoms with E-state index in [-0.39, 0.29) is 19.1 Å². The number of aromatic nitrogens is 1. The molecule has 0 saturated carbocycles. The zero-order chi connectivity index (χ0) is 18.7. The first-order valence-electron chi connectivity index (χ1n) is 8.21. The van der Waals surface area contributed by atoms with Gasteiger partial charge in [-0.25, -0.2) is 14.6 Å². The molecule has 1 aliphatic heterocycles. The van der Waals surface area contributed by atoms with Gasteiger partial charge in [0, 0.05) is 11.5 Å². The number of nitrogens with zero attached hydrogens (tertiary/aromatic N) is 2. The highest BCUT2D eigenvalue weighted by Crippen LogP contribution is 2.16. The second-order valence-corrected chi connectivity index (χ2v) is 6.44. The molecule has 0 unspecified atom stereocenters. The van der Waals surface area contributed by atoms with E-state index in [9.17, 15) is 14.4 Å². The Morgan fingerprint density at radius 1 is 1.23 bits per heavy atom. The molecule has 0 radical (unpaired) electrons. The Bertz CT molecular complexity index is 905. The van der Waals surface area contributed by atoms with Gasteiger partial charge in [-0.3, -0.25) is 9.69 Å². The Morgan fingerprint density at radius 3 is 2.73 bits per heavy atom. The molecule has 1 saturated heterocycles. The van der Waals surface area contributed by atoms with Crippen LogP contribution in [0.25, 0.3) is 17.0 Å². The van der Waals surface area contributed by atoms with Crippen molar-refractivity contribution in [2.45, 2.75) is 19.4 Å². The molecule has 2 aromatic rings. The van der Waals surface area contributed by atoms with Crippen LogP contribution in [0.1, 0.15) is 19.5 Å². The summed E-state index contributed by atoms with van der Waals surface area (Å²) < 4.78 is 5.05. The molecule has 2 heterocycles. The van der Waals surface area contributed by atoms with Crippen LogP contribution in [0.3, 0.4) is 0 Å². The lowest BCUT2D eigenvalue weighted by Crippen LogP contribution is -2.40. The molecule has 0 aliphatic carbocycles. The maximum absolute atomic E-state index is 12.0. The number of fused-ring (bicyclic) bond motifs is 1. The minimum Gasteiger partial charge on any atom is -0.461 e. The van der Waals surface area contributed by atoms with Crippen molar-refractivity contribution in [1.82, 2.24) is 15.2 Å². The highest BCUT2D eigenvalue weighted by molar-refractivity contribution is 6.06. The van der Waals surface area contributed by atoms with Crippen molar-refractivity contribution >= 4 is 34.9 Å². The molecule has 134 valence electrons. The Hall–Kier alpha value is -3.22. The van der Waals surface area contributed by atoms with Crippen LogP contribution in [0, 0.1) is 0 Å². The third kappa shape index (κ3) is 3.72. The van der Waals surface area contributed by atoms with Gasteiger partial charge in [0.2, 0.25) is 0 Å². The van der Waals surface area contributed by atoms with Gasteiger partial charge in [0.25, 0.3) is 5.91 Å². The molecule has 7 heteroatoms. The first-order valence-corrected chi connectivity index (χ1v) is 8.21. The fourth-order valence-corrected chi connectivity index (χ4v) is 2.63. The number of ether oxygens (including phenoxy) is 1. The van der Waals surface area contributed by atoms with Crippen LogP contribution in [0.5, 0.6) is 0 Å². The maximum Gasteiger partial charge on any atom is 0.330 e. The van der Waals surface area contributed by atoms with Crippen molar-refractivity contribution in [3.05, 3.63) is 48.2 Å². The van der Waals surface area contributed by atoms with Crippen LogP contribution < -0.4 is 5.32 Å². The second-order valence-electron chi connectivity index (χ2n) is 6.44. The van der Waals surface area contributed by atoms with Gasteiger partial charge in [-0.1, -0.05) is 24.3 Å². The molecule has 1 aromatic heterocycles. The number of imide groups is 1. The van der Waals surface area contributed by atoms with E-state index < -0.39 is 17.5 Å². The van der Waals surface area contributed by atoms with Crippen molar-refractivity contribution in [3.63, 3.8) is 0 Å². The van der Waals surface area contributed by atoms with Gasteiger partial charge in [0.1, 0.15) is 12.1 Å². The zero-order valence-corrected chi connectivity index (χ0v) is 14.6. The predicted octanol–water partition coefficient (Wildman–Crippen LogP) is 2.12. The van der Waals surface area contributed by atoms with Gasteiger partial charge < -0.3 is 10.1 Å². The fraction of sp³-hybridized carbons (Fsp3) is 0.263. The van der Waals surface area contributed by atoms with Gasteiger partial charge in [-0.15, -0.1) is 0 Å². The summed E-state index contributed by atoms with van der Waals surface area (Å²) in [7, 11) is 0. The number of amides is 3. The van der Waals surface area contributed by atoms with Crippen LogP contribution in [-0.2, 0) is 14.3 Å². The number of esters is 1. The van der Waals surface area contributed by atoms with Gasteiger partial charge in [-0.2, -0.15) is 0 Å². The summed E-state index contributed by atoms with van der Waals surface area (Å²) in [5.41, 5.74) is 0.545. The molecular weight excluding hydrogens is 334 g/mol. The monoisotopic (exact) mass is 353 g/mol. The number of hydrogen-bond donors (Lipinski definition) is 1. The highest BCUT2D eigenvalue weighted by atomic mass is 16.5. The van der Waals surface area contributed by atoms with Gasteiger partial charge in [-0.05, 0) is 32.1 Å². The summed E-state index contributed by atoms with van der Waals surface area (Å²) in [6.45, 7) is 3.20. The maximum atomic E-state index is 12.0. The quantitative estimate of drug-likeness (QED) is 0.505. The number of urea groups is 1. The third-order valence-corrected chi connectivity index (χ3v) is 4.01. The average Bonchev–Trinajstić information content (AvgIpc) is 2.81. The Balaban J connectivity index is 1.53. The van der Waals surface area contributed by atoms with E-state index in [1.165, 1.54) is 6.08 Å². The van der Waals surface area contributed by atoms with Crippen molar-refractivity contribution in [2.75, 3.05) is 13.2 Å². The smallest absolute Gasteiger partial charge is 0.330 e. The van der Waals surface area contributed by atoms with Crippen molar-refractivity contribution in [3.8, 4) is 0 Å². The molecule has 0 atom stereocenters. The number of nitrogens with one attached hydrogen (secondary N) is 1. The lowest BCUT2D eigenvalue weighted by molar-refractivity contribution is -0.140. The van der Waals surface area contributed by atoms with Gasteiger partial charge in [0.15, 0.2) is 0 Å². The molecule has 1 N–H and O–H groups in total. The number of hydrogen-bond acceptors (Lipinski definition) is 5. The number of para-hydroxylation sites is 1. The predicted molar refractivity (Wildman–Crippen MR) is 96.1 cm³/mol. The number of benzene rings is 1. The Labute approximate surface area is 150 Å². The van der Waals surface area contributed by atoms with E-state index in [1.807, 2.05) is 30.3 Å². The van der Waals surface area contributed by atoms with E-state index in [1.54, 1.807) is 26.0 Å². The summed E-state index contributed by atoms with van der Waals surface area (Å²) >= 11 is 0. The molecule has 3 rings (SSSR count). The zero-order valence-electron chi connectivity index (χ0n) is 14.6. The molecular formula is C19H19N3O4. The van der Waals surface area contributed by atoms with Gasteiger partial charge in [0.05, 0.1) is 17.8 Å². The summed E-state index contributed by atoms with van der Waals surface area (Å²) in [5, 5.41) is 3.58. The minimum absolute atomic E-state index is 0.0158. The van der Waals surface area contributed by atoms with Crippen LogP contribution in [-0.4, -0.2) is 46.5 Å². The number of carbonyl (C=O) groups is 3. The SMILES string of the molecule is CC1(C)NC(=O)N(CCOC(=O)C=Cc2ccc3ccccc3n2)C1=O. The molecule has 0 spiro atoms. The molecule has 3 amide bonds. The third-order valence-electron chi connectivity index (χ3n) is 4.01. The number of pyridine rings is 1. The van der Waals surface area contributed by atoms with E-state index in [2.05, 4.69) is 10.3 Å². The summed E-state index contributed by atoms with van der Waals surface area (Å²) in [5.74, 6) is -0.902. The lowest BCUT2D eigenvalue weighted by Gasteiger charge is -2.15. The van der Waals surface area contributed by atoms with Crippen molar-refractivity contribution in [1.29, 1.82) is 0 Å². The average molecular weight is 353 g/mol. The molecule has 1 aliphatic rings. The normalized spacial score (nSPS) is 16.3. The Morgan fingerprint density at radius 2 is 2.00 bits per heavy atom. The van der Waals surface area contributed by atoms with Crippen molar-refractivity contribution < 1.29 is 19.1 Å². The molecule has 7 nitrogen and oxygen atoms in total. The van der Waals surface area contributed by atoms with E-state index in [4.69, 9.17) is 4.74 Å².